The Morgan fingerprint density at radius 3 is 2.46 bits per heavy atom. The van der Waals surface area contributed by atoms with E-state index in [9.17, 15) is 14.4 Å². The summed E-state index contributed by atoms with van der Waals surface area (Å²) in [4.78, 5) is 39.4. The Balaban J connectivity index is 1.67. The summed E-state index contributed by atoms with van der Waals surface area (Å²) in [5, 5.41) is 3.24. The summed E-state index contributed by atoms with van der Waals surface area (Å²) in [7, 11) is 0. The van der Waals surface area contributed by atoms with Gasteiger partial charge in [-0.25, -0.2) is 9.69 Å². The van der Waals surface area contributed by atoms with Crippen LogP contribution in [-0.4, -0.2) is 24.5 Å². The fourth-order valence-corrected chi connectivity index (χ4v) is 4.56. The monoisotopic (exact) mass is 602 g/mol. The molecular formula is C27H21BrCl2N2O5. The Bertz CT molecular complexity index is 1420. The Morgan fingerprint density at radius 1 is 1.03 bits per heavy atom. The van der Waals surface area contributed by atoms with E-state index in [1.54, 1.807) is 49.4 Å². The molecule has 190 valence electrons. The van der Waals surface area contributed by atoms with Crippen LogP contribution in [0.15, 0.2) is 64.6 Å². The molecule has 0 spiro atoms. The van der Waals surface area contributed by atoms with Crippen LogP contribution in [0, 0.1) is 6.92 Å². The first-order valence-electron chi connectivity index (χ1n) is 11.2. The van der Waals surface area contributed by atoms with Gasteiger partial charge in [-0.15, -0.1) is 0 Å². The summed E-state index contributed by atoms with van der Waals surface area (Å²) in [5.41, 5.74) is 2.00. The first kappa shape index (κ1) is 26.7. The van der Waals surface area contributed by atoms with E-state index >= 15 is 0 Å². The molecule has 0 aromatic heterocycles. The largest absolute Gasteiger partial charge is 0.490 e. The number of hydrogen-bond acceptors (Lipinski definition) is 5. The van der Waals surface area contributed by atoms with Gasteiger partial charge in [0.15, 0.2) is 11.5 Å². The quantitative estimate of drug-likeness (QED) is 0.240. The van der Waals surface area contributed by atoms with E-state index in [2.05, 4.69) is 21.2 Å². The highest BCUT2D eigenvalue weighted by atomic mass is 79.9. The second-order valence-corrected chi connectivity index (χ2v) is 9.72. The van der Waals surface area contributed by atoms with Crippen molar-refractivity contribution in [2.45, 2.75) is 20.5 Å². The average Bonchev–Trinajstić information content (AvgIpc) is 2.85. The topological polar surface area (TPSA) is 84.9 Å². The lowest BCUT2D eigenvalue weighted by molar-refractivity contribution is -0.122. The Hall–Kier alpha value is -3.33. The predicted molar refractivity (Wildman–Crippen MR) is 146 cm³/mol. The fourth-order valence-electron chi connectivity index (χ4n) is 3.69. The van der Waals surface area contributed by atoms with Crippen molar-refractivity contribution in [2.24, 2.45) is 0 Å². The molecule has 0 saturated carbocycles. The van der Waals surface area contributed by atoms with Crippen molar-refractivity contribution in [2.75, 3.05) is 11.5 Å². The second kappa shape index (κ2) is 11.4. The number of amides is 4. The van der Waals surface area contributed by atoms with E-state index in [1.165, 1.54) is 6.08 Å². The van der Waals surface area contributed by atoms with Crippen LogP contribution < -0.4 is 19.7 Å². The van der Waals surface area contributed by atoms with Crippen molar-refractivity contribution >= 4 is 68.7 Å². The van der Waals surface area contributed by atoms with Gasteiger partial charge in [0.25, 0.3) is 11.8 Å². The molecule has 1 fully saturated rings. The SMILES string of the molecule is CCOc1cc(/C=C2\C(=O)NC(=O)N(c3cccc(Cl)c3C)C2=O)cc(Br)c1OCc1ccc(Cl)cc1. The van der Waals surface area contributed by atoms with Gasteiger partial charge >= 0.3 is 6.03 Å². The summed E-state index contributed by atoms with van der Waals surface area (Å²) in [5.74, 6) is -0.691. The standard InChI is InChI=1S/C27H21BrCl2N2O5/c1-3-36-23-13-17(12-20(28)24(23)37-14-16-7-9-18(29)10-8-16)11-19-25(33)31-27(35)32(26(19)34)22-6-4-5-21(30)15(22)2/h4-13H,3,14H2,1-2H3,(H,31,33,35)/b19-11+. The highest BCUT2D eigenvalue weighted by Crippen LogP contribution is 2.38. The van der Waals surface area contributed by atoms with E-state index in [1.807, 2.05) is 19.1 Å². The highest BCUT2D eigenvalue weighted by molar-refractivity contribution is 9.10. The van der Waals surface area contributed by atoms with E-state index in [0.717, 1.165) is 10.5 Å². The van der Waals surface area contributed by atoms with Gasteiger partial charge in [0.1, 0.15) is 12.2 Å². The number of barbiturate groups is 1. The normalized spacial score (nSPS) is 14.7. The number of anilines is 1. The predicted octanol–water partition coefficient (Wildman–Crippen LogP) is 6.71. The molecule has 1 aliphatic heterocycles. The van der Waals surface area contributed by atoms with Gasteiger partial charge in [0.05, 0.1) is 16.8 Å². The third kappa shape index (κ3) is 5.82. The van der Waals surface area contributed by atoms with Gasteiger partial charge in [-0.1, -0.05) is 41.4 Å². The summed E-state index contributed by atoms with van der Waals surface area (Å²) >= 11 is 15.6. The van der Waals surface area contributed by atoms with Crippen LogP contribution in [0.1, 0.15) is 23.6 Å². The number of urea groups is 1. The highest BCUT2D eigenvalue weighted by Gasteiger charge is 2.37. The van der Waals surface area contributed by atoms with Crippen LogP contribution in [0.25, 0.3) is 6.08 Å². The summed E-state index contributed by atoms with van der Waals surface area (Å²) < 4.78 is 12.3. The van der Waals surface area contributed by atoms with Crippen molar-refractivity contribution in [3.63, 3.8) is 0 Å². The zero-order chi connectivity index (χ0) is 26.7. The summed E-state index contributed by atoms with van der Waals surface area (Å²) in [6.45, 7) is 4.15. The van der Waals surface area contributed by atoms with E-state index in [0.29, 0.717) is 43.8 Å². The number of ether oxygens (including phenoxy) is 2. The van der Waals surface area contributed by atoms with Crippen LogP contribution in [0.2, 0.25) is 10.0 Å². The number of nitrogens with zero attached hydrogens (tertiary/aromatic N) is 1. The molecule has 1 saturated heterocycles. The van der Waals surface area contributed by atoms with Crippen molar-refractivity contribution in [3.8, 4) is 11.5 Å². The molecule has 1 aliphatic rings. The molecule has 10 heteroatoms. The second-order valence-electron chi connectivity index (χ2n) is 8.02. The minimum absolute atomic E-state index is 0.219. The number of rotatable bonds is 7. The molecule has 3 aromatic carbocycles. The third-order valence-corrected chi connectivity index (χ3v) is 6.77. The summed E-state index contributed by atoms with van der Waals surface area (Å²) in [6.07, 6.45) is 1.40. The third-order valence-electron chi connectivity index (χ3n) is 5.52. The minimum atomic E-state index is -0.848. The molecular weight excluding hydrogens is 583 g/mol. The number of halogens is 3. The molecule has 0 aliphatic carbocycles. The zero-order valence-electron chi connectivity index (χ0n) is 19.8. The number of carbonyl (C=O) groups is 3. The van der Waals surface area contributed by atoms with Crippen molar-refractivity contribution in [1.29, 1.82) is 0 Å². The van der Waals surface area contributed by atoms with E-state index in [-0.39, 0.29) is 17.9 Å². The Morgan fingerprint density at radius 2 is 1.76 bits per heavy atom. The molecule has 0 unspecified atom stereocenters. The molecule has 3 aromatic rings. The smallest absolute Gasteiger partial charge is 0.335 e. The molecule has 0 bridgehead atoms. The zero-order valence-corrected chi connectivity index (χ0v) is 22.9. The molecule has 7 nitrogen and oxygen atoms in total. The van der Waals surface area contributed by atoms with E-state index in [4.69, 9.17) is 32.7 Å². The number of benzene rings is 3. The maximum atomic E-state index is 13.3. The van der Waals surface area contributed by atoms with Crippen LogP contribution in [0.3, 0.4) is 0 Å². The first-order valence-corrected chi connectivity index (χ1v) is 12.7. The van der Waals surface area contributed by atoms with Crippen LogP contribution in [0.4, 0.5) is 10.5 Å². The molecule has 1 N–H and O–H groups in total. The Labute approximate surface area is 232 Å². The summed E-state index contributed by atoms with van der Waals surface area (Å²) in [6, 6.07) is 14.6. The number of carbonyl (C=O) groups excluding carboxylic acids is 3. The van der Waals surface area contributed by atoms with Crippen molar-refractivity contribution in [1.82, 2.24) is 5.32 Å². The van der Waals surface area contributed by atoms with E-state index < -0.39 is 17.8 Å². The van der Waals surface area contributed by atoms with Gasteiger partial charge in [-0.05, 0) is 88.9 Å². The molecule has 0 radical (unpaired) electrons. The lowest BCUT2D eigenvalue weighted by Gasteiger charge is -2.27. The van der Waals surface area contributed by atoms with Gasteiger partial charge < -0.3 is 9.47 Å². The van der Waals surface area contributed by atoms with Gasteiger partial charge in [0, 0.05) is 10.0 Å². The maximum absolute atomic E-state index is 13.3. The van der Waals surface area contributed by atoms with Crippen molar-refractivity contribution in [3.05, 3.63) is 91.4 Å². The van der Waals surface area contributed by atoms with Crippen molar-refractivity contribution < 1.29 is 23.9 Å². The van der Waals surface area contributed by atoms with Crippen LogP contribution >= 0.6 is 39.1 Å². The number of imide groups is 2. The lowest BCUT2D eigenvalue weighted by Crippen LogP contribution is -2.54. The molecule has 4 rings (SSSR count). The molecule has 37 heavy (non-hydrogen) atoms. The van der Waals surface area contributed by atoms with Gasteiger partial charge in [0.2, 0.25) is 0 Å². The minimum Gasteiger partial charge on any atom is -0.490 e. The molecule has 1 heterocycles. The van der Waals surface area contributed by atoms with Crippen LogP contribution in [-0.2, 0) is 16.2 Å². The first-order chi connectivity index (χ1) is 17.7. The maximum Gasteiger partial charge on any atom is 0.335 e. The van der Waals surface area contributed by atoms with Crippen LogP contribution in [0.5, 0.6) is 11.5 Å². The molecule has 4 amide bonds. The fraction of sp³-hybridized carbons (Fsp3) is 0.148. The average molecular weight is 604 g/mol. The number of hydrogen-bond donors (Lipinski definition) is 1. The molecule has 0 atom stereocenters. The number of nitrogens with one attached hydrogen (secondary N) is 1. The Kier molecular flexibility index (Phi) is 8.22. The lowest BCUT2D eigenvalue weighted by atomic mass is 10.1. The van der Waals surface area contributed by atoms with Gasteiger partial charge in [-0.3, -0.25) is 14.9 Å². The van der Waals surface area contributed by atoms with Gasteiger partial charge in [-0.2, -0.15) is 0 Å².